The van der Waals surface area contributed by atoms with E-state index in [1.807, 2.05) is 24.0 Å². The zero-order valence-corrected chi connectivity index (χ0v) is 12.6. The van der Waals surface area contributed by atoms with Crippen LogP contribution in [0.2, 0.25) is 0 Å². The van der Waals surface area contributed by atoms with Gasteiger partial charge >= 0.3 is 0 Å². The van der Waals surface area contributed by atoms with Crippen molar-refractivity contribution in [1.29, 1.82) is 0 Å². The molecular weight excluding hydrogens is 262 g/mol. The Morgan fingerprint density at radius 3 is 2.84 bits per heavy atom. The van der Waals surface area contributed by atoms with Crippen LogP contribution < -0.4 is 0 Å². The minimum absolute atomic E-state index is 0.252. The maximum Gasteiger partial charge on any atom is 0.148 e. The Bertz CT molecular complexity index is 510. The maximum absolute atomic E-state index is 11.3. The molecule has 19 heavy (non-hydrogen) atoms. The molecule has 5 nitrogen and oxygen atoms in total. The van der Waals surface area contributed by atoms with Gasteiger partial charge < -0.3 is 0 Å². The van der Waals surface area contributed by atoms with Crippen LogP contribution in [0.15, 0.2) is 12.4 Å². The second kappa shape index (κ2) is 6.05. The van der Waals surface area contributed by atoms with E-state index in [2.05, 4.69) is 10.00 Å². The van der Waals surface area contributed by atoms with E-state index in [1.54, 1.807) is 0 Å². The zero-order chi connectivity index (χ0) is 13.9. The molecule has 1 aliphatic heterocycles. The molecule has 1 atom stereocenters. The maximum atomic E-state index is 11.3. The molecule has 6 heteroatoms. The Balaban J connectivity index is 1.95. The predicted molar refractivity (Wildman–Crippen MR) is 75.9 cm³/mol. The van der Waals surface area contributed by atoms with Gasteiger partial charge in [0.15, 0.2) is 0 Å². The van der Waals surface area contributed by atoms with Crippen LogP contribution in [-0.4, -0.2) is 54.2 Å². The summed E-state index contributed by atoms with van der Waals surface area (Å²) in [7, 11) is -2.88. The van der Waals surface area contributed by atoms with Gasteiger partial charge in [0.25, 0.3) is 0 Å². The van der Waals surface area contributed by atoms with E-state index in [0.717, 1.165) is 19.5 Å². The lowest BCUT2D eigenvalue weighted by Crippen LogP contribution is -2.44. The van der Waals surface area contributed by atoms with E-state index in [1.165, 1.54) is 24.7 Å². The summed E-state index contributed by atoms with van der Waals surface area (Å²) in [6.07, 6.45) is 8.73. The molecule has 1 aromatic rings. The highest BCUT2D eigenvalue weighted by molar-refractivity contribution is 7.90. The Hall–Kier alpha value is -0.880. The van der Waals surface area contributed by atoms with Gasteiger partial charge in [0.1, 0.15) is 9.84 Å². The molecule has 0 unspecified atom stereocenters. The van der Waals surface area contributed by atoms with Gasteiger partial charge in [-0.3, -0.25) is 9.58 Å². The molecule has 1 aliphatic rings. The topological polar surface area (TPSA) is 55.2 Å². The summed E-state index contributed by atoms with van der Waals surface area (Å²) in [4.78, 5) is 2.31. The first-order valence-corrected chi connectivity index (χ1v) is 8.91. The lowest BCUT2D eigenvalue weighted by Gasteiger charge is -2.35. The van der Waals surface area contributed by atoms with Crippen molar-refractivity contribution in [1.82, 2.24) is 14.7 Å². The standard InChI is InChI=1S/C13H23N3O2S/c1-12-9-14-16(10-12)11-13-5-3-4-6-15(13)7-8-19(2,17)18/h9-10,13H,3-8,11H2,1-2H3/t13-/m1/s1. The molecule has 2 rings (SSSR count). The van der Waals surface area contributed by atoms with Crippen molar-refractivity contribution >= 4 is 9.84 Å². The van der Waals surface area contributed by atoms with Gasteiger partial charge in [-0.1, -0.05) is 6.42 Å². The number of aryl methyl sites for hydroxylation is 1. The Kier molecular flexibility index (Phi) is 4.62. The third-order valence-corrected chi connectivity index (χ3v) is 4.58. The summed E-state index contributed by atoms with van der Waals surface area (Å²) >= 11 is 0. The summed E-state index contributed by atoms with van der Waals surface area (Å²) in [5.41, 5.74) is 1.17. The summed E-state index contributed by atoms with van der Waals surface area (Å²) in [6.45, 7) is 4.54. The summed E-state index contributed by atoms with van der Waals surface area (Å²) in [5.74, 6) is 0.252. The van der Waals surface area contributed by atoms with Gasteiger partial charge in [0, 0.05) is 25.0 Å². The third-order valence-electron chi connectivity index (χ3n) is 3.66. The Morgan fingerprint density at radius 1 is 1.42 bits per heavy atom. The Labute approximate surface area is 115 Å². The van der Waals surface area contributed by atoms with E-state index in [0.29, 0.717) is 12.6 Å². The van der Waals surface area contributed by atoms with Crippen molar-refractivity contribution in [2.24, 2.45) is 0 Å². The second-order valence-corrected chi connectivity index (χ2v) is 7.81. The number of piperidine rings is 1. The summed E-state index contributed by atoms with van der Waals surface area (Å²) < 4.78 is 24.6. The van der Waals surface area contributed by atoms with Crippen LogP contribution >= 0.6 is 0 Å². The fraction of sp³-hybridized carbons (Fsp3) is 0.769. The number of sulfone groups is 1. The molecule has 0 N–H and O–H groups in total. The first-order valence-electron chi connectivity index (χ1n) is 6.85. The fourth-order valence-electron chi connectivity index (χ4n) is 2.63. The quantitative estimate of drug-likeness (QED) is 0.812. The monoisotopic (exact) mass is 285 g/mol. The Morgan fingerprint density at radius 2 is 2.21 bits per heavy atom. The van der Waals surface area contributed by atoms with Crippen LogP contribution in [0.25, 0.3) is 0 Å². The van der Waals surface area contributed by atoms with Gasteiger partial charge in [-0.2, -0.15) is 5.10 Å². The van der Waals surface area contributed by atoms with Crippen LogP contribution in [0.4, 0.5) is 0 Å². The zero-order valence-electron chi connectivity index (χ0n) is 11.7. The predicted octanol–water partition coefficient (Wildman–Crippen LogP) is 1.09. The van der Waals surface area contributed by atoms with Crippen molar-refractivity contribution in [2.45, 2.75) is 38.8 Å². The minimum Gasteiger partial charge on any atom is -0.298 e. The number of rotatable bonds is 5. The second-order valence-electron chi connectivity index (χ2n) is 5.56. The molecule has 0 aromatic carbocycles. The molecule has 1 fully saturated rings. The smallest absolute Gasteiger partial charge is 0.148 e. The molecule has 0 bridgehead atoms. The minimum atomic E-state index is -2.88. The van der Waals surface area contributed by atoms with Crippen LogP contribution in [0.3, 0.4) is 0 Å². The number of hydrogen-bond acceptors (Lipinski definition) is 4. The van der Waals surface area contributed by atoms with E-state index >= 15 is 0 Å². The van der Waals surface area contributed by atoms with Crippen LogP contribution in [-0.2, 0) is 16.4 Å². The van der Waals surface area contributed by atoms with Gasteiger partial charge in [0.2, 0.25) is 0 Å². The average molecular weight is 285 g/mol. The van der Waals surface area contributed by atoms with Gasteiger partial charge in [-0.05, 0) is 31.9 Å². The molecule has 0 amide bonds. The number of aromatic nitrogens is 2. The molecule has 1 aromatic heterocycles. The van der Waals surface area contributed by atoms with Crippen molar-refractivity contribution in [3.63, 3.8) is 0 Å². The number of hydrogen-bond donors (Lipinski definition) is 0. The van der Waals surface area contributed by atoms with Crippen molar-refractivity contribution in [2.75, 3.05) is 25.1 Å². The molecule has 2 heterocycles. The fourth-order valence-corrected chi connectivity index (χ4v) is 3.19. The van der Waals surface area contributed by atoms with Crippen molar-refractivity contribution in [3.8, 4) is 0 Å². The average Bonchev–Trinajstić information content (AvgIpc) is 2.73. The van der Waals surface area contributed by atoms with Gasteiger partial charge in [-0.15, -0.1) is 0 Å². The normalized spacial score (nSPS) is 21.7. The highest BCUT2D eigenvalue weighted by atomic mass is 32.2. The van der Waals surface area contributed by atoms with Gasteiger partial charge in [0.05, 0.1) is 18.5 Å². The SMILES string of the molecule is Cc1cnn(C[C@H]2CCCCN2CCS(C)(=O)=O)c1. The molecule has 108 valence electrons. The van der Waals surface area contributed by atoms with E-state index in [-0.39, 0.29) is 5.75 Å². The highest BCUT2D eigenvalue weighted by Gasteiger charge is 2.23. The van der Waals surface area contributed by atoms with Crippen molar-refractivity contribution in [3.05, 3.63) is 18.0 Å². The van der Waals surface area contributed by atoms with Crippen LogP contribution in [0, 0.1) is 6.92 Å². The molecule has 0 saturated carbocycles. The van der Waals surface area contributed by atoms with Crippen molar-refractivity contribution < 1.29 is 8.42 Å². The van der Waals surface area contributed by atoms with Gasteiger partial charge in [-0.25, -0.2) is 8.42 Å². The molecule has 1 saturated heterocycles. The first kappa shape index (κ1) is 14.5. The highest BCUT2D eigenvalue weighted by Crippen LogP contribution is 2.18. The third kappa shape index (κ3) is 4.62. The summed E-state index contributed by atoms with van der Waals surface area (Å²) in [6, 6.07) is 0.412. The summed E-state index contributed by atoms with van der Waals surface area (Å²) in [5, 5.41) is 4.32. The molecule has 0 radical (unpaired) electrons. The molecule has 0 aliphatic carbocycles. The van der Waals surface area contributed by atoms with E-state index < -0.39 is 9.84 Å². The van der Waals surface area contributed by atoms with Crippen LogP contribution in [0.1, 0.15) is 24.8 Å². The number of likely N-dealkylation sites (tertiary alicyclic amines) is 1. The molecule has 0 spiro atoms. The first-order chi connectivity index (χ1) is 8.94. The van der Waals surface area contributed by atoms with E-state index in [9.17, 15) is 8.42 Å². The lowest BCUT2D eigenvalue weighted by atomic mass is 10.0. The largest absolute Gasteiger partial charge is 0.298 e. The van der Waals surface area contributed by atoms with Crippen LogP contribution in [0.5, 0.6) is 0 Å². The molecular formula is C13H23N3O2S. The van der Waals surface area contributed by atoms with E-state index in [4.69, 9.17) is 0 Å². The lowest BCUT2D eigenvalue weighted by molar-refractivity contribution is 0.138. The number of nitrogens with zero attached hydrogens (tertiary/aromatic N) is 3.